The van der Waals surface area contributed by atoms with Gasteiger partial charge < -0.3 is 29.2 Å². The maximum absolute atomic E-state index is 11.8. The van der Waals surface area contributed by atoms with Crippen LogP contribution in [0.3, 0.4) is 0 Å². The zero-order valence-corrected chi connectivity index (χ0v) is 25.4. The van der Waals surface area contributed by atoms with E-state index in [4.69, 9.17) is 34.3 Å². The first-order valence-electron chi connectivity index (χ1n) is 15.1. The third-order valence-electron chi connectivity index (χ3n) is 8.04. The van der Waals surface area contributed by atoms with Crippen molar-refractivity contribution in [2.45, 2.75) is 38.8 Å². The maximum atomic E-state index is 11.8. The fourth-order valence-corrected chi connectivity index (χ4v) is 5.75. The standard InChI is InChI=1S/C32H36N4O3.C2H2O4/c1-38-30-21-24(10-11-26(30)23-34-16-4-5-17-34)22-36-29-8-3-2-7-28(29)33-32(36)25-12-14-27(15-13-25)39-20-19-35-18-6-9-31(35)37;3-1(4)2(5)6/h2-3,7-8,10-15,21H,4-6,9,16-20,22-23H2,1H3;(H,3,4)(H,5,6). The largest absolute Gasteiger partial charge is 0.496 e. The second kappa shape index (κ2) is 14.7. The van der Waals surface area contributed by atoms with Crippen molar-refractivity contribution in [3.8, 4) is 22.9 Å². The maximum Gasteiger partial charge on any atom is 0.414 e. The van der Waals surface area contributed by atoms with E-state index in [0.717, 1.165) is 66.5 Å². The molecule has 0 spiro atoms. The number of hydrogen-bond acceptors (Lipinski definition) is 7. The minimum Gasteiger partial charge on any atom is -0.496 e. The first kappa shape index (κ1) is 31.5. The average molecular weight is 615 g/mol. The highest BCUT2D eigenvalue weighted by Crippen LogP contribution is 2.29. The molecule has 0 aliphatic carbocycles. The van der Waals surface area contributed by atoms with Crippen molar-refractivity contribution in [2.24, 2.45) is 0 Å². The fraction of sp³-hybridized carbons (Fsp3) is 0.353. The van der Waals surface area contributed by atoms with Crippen LogP contribution in [-0.4, -0.2) is 87.3 Å². The molecule has 1 aromatic heterocycles. The summed E-state index contributed by atoms with van der Waals surface area (Å²) in [5, 5.41) is 14.8. The number of rotatable bonds is 10. The van der Waals surface area contributed by atoms with E-state index in [1.165, 1.54) is 24.0 Å². The SMILES string of the molecule is COc1cc(Cn2c(-c3ccc(OCCN4CCCC4=O)cc3)nc3ccccc32)ccc1CN1CCCC1.O=C(O)C(=O)O. The van der Waals surface area contributed by atoms with Gasteiger partial charge in [0.05, 0.1) is 24.7 Å². The number of fused-ring (bicyclic) bond motifs is 1. The molecule has 3 heterocycles. The van der Waals surface area contributed by atoms with Crippen LogP contribution < -0.4 is 9.47 Å². The Morgan fingerprint density at radius 2 is 1.62 bits per heavy atom. The second-order valence-electron chi connectivity index (χ2n) is 11.1. The smallest absolute Gasteiger partial charge is 0.414 e. The monoisotopic (exact) mass is 614 g/mol. The van der Waals surface area contributed by atoms with Crippen LogP contribution in [0.2, 0.25) is 0 Å². The Balaban J connectivity index is 0.000000609. The number of nitrogens with zero attached hydrogens (tertiary/aromatic N) is 4. The van der Waals surface area contributed by atoms with Gasteiger partial charge in [-0.15, -0.1) is 0 Å². The number of imidazole rings is 1. The second-order valence-corrected chi connectivity index (χ2v) is 11.1. The molecular formula is C34H38N4O7. The number of ether oxygens (including phenoxy) is 2. The lowest BCUT2D eigenvalue weighted by Gasteiger charge is -2.18. The number of carboxylic acid groups (broad SMARTS) is 2. The number of para-hydroxylation sites is 2. The first-order valence-corrected chi connectivity index (χ1v) is 15.1. The zero-order valence-electron chi connectivity index (χ0n) is 25.4. The van der Waals surface area contributed by atoms with E-state index in [2.05, 4.69) is 58.0 Å². The Morgan fingerprint density at radius 1 is 0.889 bits per heavy atom. The number of benzene rings is 3. The van der Waals surface area contributed by atoms with Crippen molar-refractivity contribution in [1.82, 2.24) is 19.4 Å². The Hall–Kier alpha value is -4.90. The summed E-state index contributed by atoms with van der Waals surface area (Å²) in [6, 6.07) is 23.0. The van der Waals surface area contributed by atoms with E-state index in [1.807, 2.05) is 23.1 Å². The molecule has 3 aromatic carbocycles. The minimum atomic E-state index is -1.82. The van der Waals surface area contributed by atoms with Gasteiger partial charge in [-0.2, -0.15) is 0 Å². The fourth-order valence-electron chi connectivity index (χ4n) is 5.75. The topological polar surface area (TPSA) is 134 Å². The van der Waals surface area contributed by atoms with Crippen molar-refractivity contribution < 1.29 is 34.1 Å². The van der Waals surface area contributed by atoms with Gasteiger partial charge in [-0.25, -0.2) is 14.6 Å². The molecule has 6 rings (SSSR count). The summed E-state index contributed by atoms with van der Waals surface area (Å²) < 4.78 is 14.0. The molecule has 4 aromatic rings. The predicted molar refractivity (Wildman–Crippen MR) is 168 cm³/mol. The molecule has 11 nitrogen and oxygen atoms in total. The van der Waals surface area contributed by atoms with Crippen LogP contribution in [0.1, 0.15) is 36.8 Å². The number of amides is 1. The molecule has 2 fully saturated rings. The van der Waals surface area contributed by atoms with Crippen LogP contribution in [0.5, 0.6) is 11.5 Å². The van der Waals surface area contributed by atoms with Crippen LogP contribution >= 0.6 is 0 Å². The molecule has 0 unspecified atom stereocenters. The molecule has 0 radical (unpaired) electrons. The summed E-state index contributed by atoms with van der Waals surface area (Å²) in [6.45, 7) is 5.93. The van der Waals surface area contributed by atoms with Crippen LogP contribution in [0.15, 0.2) is 66.7 Å². The number of carbonyl (C=O) groups excluding carboxylic acids is 1. The van der Waals surface area contributed by atoms with Crippen molar-refractivity contribution in [3.63, 3.8) is 0 Å². The summed E-state index contributed by atoms with van der Waals surface area (Å²) in [5.74, 6) is -0.754. The number of hydrogen-bond donors (Lipinski definition) is 2. The molecule has 11 heteroatoms. The highest BCUT2D eigenvalue weighted by molar-refractivity contribution is 6.27. The molecule has 2 saturated heterocycles. The van der Waals surface area contributed by atoms with Gasteiger partial charge in [0.25, 0.3) is 0 Å². The Labute approximate surface area is 261 Å². The lowest BCUT2D eigenvalue weighted by atomic mass is 10.1. The van der Waals surface area contributed by atoms with Crippen LogP contribution in [0.4, 0.5) is 0 Å². The Bertz CT molecular complexity index is 1630. The first-order chi connectivity index (χ1) is 21.8. The van der Waals surface area contributed by atoms with Gasteiger partial charge >= 0.3 is 11.9 Å². The highest BCUT2D eigenvalue weighted by atomic mass is 16.5. The molecule has 45 heavy (non-hydrogen) atoms. The molecular weight excluding hydrogens is 576 g/mol. The number of likely N-dealkylation sites (tertiary alicyclic amines) is 2. The van der Waals surface area contributed by atoms with Gasteiger partial charge in [0.2, 0.25) is 5.91 Å². The van der Waals surface area contributed by atoms with Gasteiger partial charge in [-0.1, -0.05) is 24.3 Å². The number of carbonyl (C=O) groups is 3. The summed E-state index contributed by atoms with van der Waals surface area (Å²) in [6.07, 6.45) is 4.17. The summed E-state index contributed by atoms with van der Waals surface area (Å²) >= 11 is 0. The molecule has 236 valence electrons. The Kier molecular flexibility index (Phi) is 10.3. The average Bonchev–Trinajstić information content (AvgIpc) is 3.80. The Morgan fingerprint density at radius 3 is 2.29 bits per heavy atom. The molecule has 2 N–H and O–H groups in total. The third kappa shape index (κ3) is 7.98. The van der Waals surface area contributed by atoms with E-state index in [-0.39, 0.29) is 5.91 Å². The van der Waals surface area contributed by atoms with Crippen molar-refractivity contribution in [1.29, 1.82) is 0 Å². The predicted octanol–water partition coefficient (Wildman–Crippen LogP) is 4.51. The van der Waals surface area contributed by atoms with Crippen molar-refractivity contribution >= 4 is 28.9 Å². The molecule has 2 aliphatic heterocycles. The number of aromatic nitrogens is 2. The van der Waals surface area contributed by atoms with Gasteiger partial charge in [0.1, 0.15) is 23.9 Å². The highest BCUT2D eigenvalue weighted by Gasteiger charge is 2.20. The van der Waals surface area contributed by atoms with Gasteiger partial charge in [0, 0.05) is 37.2 Å². The van der Waals surface area contributed by atoms with Crippen LogP contribution in [-0.2, 0) is 27.5 Å². The van der Waals surface area contributed by atoms with E-state index in [9.17, 15) is 4.79 Å². The van der Waals surface area contributed by atoms with E-state index in [0.29, 0.717) is 26.1 Å². The summed E-state index contributed by atoms with van der Waals surface area (Å²) in [7, 11) is 1.76. The summed E-state index contributed by atoms with van der Waals surface area (Å²) in [5.41, 5.74) is 5.52. The lowest BCUT2D eigenvalue weighted by Crippen LogP contribution is -2.29. The van der Waals surface area contributed by atoms with Gasteiger partial charge in [-0.3, -0.25) is 9.69 Å². The zero-order chi connectivity index (χ0) is 31.8. The summed E-state index contributed by atoms with van der Waals surface area (Å²) in [4.78, 5) is 39.4. The molecule has 0 saturated carbocycles. The van der Waals surface area contributed by atoms with Crippen molar-refractivity contribution in [2.75, 3.05) is 39.9 Å². The van der Waals surface area contributed by atoms with Crippen LogP contribution in [0, 0.1) is 0 Å². The van der Waals surface area contributed by atoms with E-state index < -0.39 is 11.9 Å². The minimum absolute atomic E-state index is 0.228. The molecule has 1 amide bonds. The number of methoxy groups -OCH3 is 1. The van der Waals surface area contributed by atoms with Crippen molar-refractivity contribution in [3.05, 3.63) is 77.9 Å². The normalized spacial score (nSPS) is 14.8. The van der Waals surface area contributed by atoms with E-state index in [1.54, 1.807) is 7.11 Å². The lowest BCUT2D eigenvalue weighted by molar-refractivity contribution is -0.159. The van der Waals surface area contributed by atoms with E-state index >= 15 is 0 Å². The van der Waals surface area contributed by atoms with Gasteiger partial charge in [0.15, 0.2) is 0 Å². The third-order valence-corrected chi connectivity index (χ3v) is 8.04. The number of carboxylic acids is 2. The number of aliphatic carboxylic acids is 2. The van der Waals surface area contributed by atoms with Crippen LogP contribution in [0.25, 0.3) is 22.4 Å². The molecule has 0 bridgehead atoms. The van der Waals surface area contributed by atoms with Gasteiger partial charge in [-0.05, 0) is 80.4 Å². The molecule has 2 aliphatic rings. The molecule has 0 atom stereocenters. The quantitative estimate of drug-likeness (QED) is 0.247.